The summed E-state index contributed by atoms with van der Waals surface area (Å²) in [5.74, 6) is 1.66. The molecule has 0 amide bonds. The molecule has 168 valence electrons. The van der Waals surface area contributed by atoms with Gasteiger partial charge in [-0.25, -0.2) is 4.98 Å². The first-order chi connectivity index (χ1) is 15.5. The molecule has 5 N–H and O–H groups in total. The Labute approximate surface area is 186 Å². The Kier molecular flexibility index (Phi) is 6.36. The SMILES string of the molecule is COc1cc(Nc2nc(N)c([N+](=O)[O-])c(CC3CCC(CN)CC3)n2)cc2ccccc12. The second kappa shape index (κ2) is 9.35. The van der Waals surface area contributed by atoms with Gasteiger partial charge in [0, 0.05) is 17.1 Å². The summed E-state index contributed by atoms with van der Waals surface area (Å²) in [7, 11) is 1.61. The summed E-state index contributed by atoms with van der Waals surface area (Å²) in [6.07, 6.45) is 4.53. The smallest absolute Gasteiger partial charge is 0.332 e. The number of anilines is 3. The summed E-state index contributed by atoms with van der Waals surface area (Å²) in [6, 6.07) is 11.7. The summed E-state index contributed by atoms with van der Waals surface area (Å²) in [5.41, 5.74) is 12.7. The maximum atomic E-state index is 11.7. The molecule has 0 aliphatic heterocycles. The zero-order valence-electron chi connectivity index (χ0n) is 18.1. The van der Waals surface area contributed by atoms with Gasteiger partial charge in [-0.1, -0.05) is 24.3 Å². The number of benzene rings is 2. The zero-order valence-corrected chi connectivity index (χ0v) is 18.1. The van der Waals surface area contributed by atoms with E-state index in [4.69, 9.17) is 16.2 Å². The van der Waals surface area contributed by atoms with E-state index in [9.17, 15) is 10.1 Å². The topological polar surface area (TPSA) is 142 Å². The Balaban J connectivity index is 1.64. The molecule has 32 heavy (non-hydrogen) atoms. The van der Waals surface area contributed by atoms with Crippen molar-refractivity contribution in [3.05, 3.63) is 52.2 Å². The Hall–Kier alpha value is -3.46. The molecule has 2 aromatic carbocycles. The molecule has 0 radical (unpaired) electrons. The largest absolute Gasteiger partial charge is 0.496 e. The van der Waals surface area contributed by atoms with Gasteiger partial charge in [-0.15, -0.1) is 0 Å². The fraction of sp³-hybridized carbons (Fsp3) is 0.391. The third kappa shape index (κ3) is 4.57. The van der Waals surface area contributed by atoms with Crippen LogP contribution < -0.4 is 21.5 Å². The molecule has 1 fully saturated rings. The summed E-state index contributed by atoms with van der Waals surface area (Å²) < 4.78 is 5.52. The number of hydrogen-bond donors (Lipinski definition) is 3. The number of nitrogen functional groups attached to an aromatic ring is 1. The van der Waals surface area contributed by atoms with E-state index in [2.05, 4.69) is 15.3 Å². The predicted octanol–water partition coefficient (Wildman–Crippen LogP) is 4.18. The Bertz CT molecular complexity index is 1130. The van der Waals surface area contributed by atoms with E-state index in [1.165, 1.54) is 0 Å². The van der Waals surface area contributed by atoms with Crippen LogP contribution >= 0.6 is 0 Å². The number of fused-ring (bicyclic) bond motifs is 1. The molecule has 0 atom stereocenters. The van der Waals surface area contributed by atoms with Crippen molar-refractivity contribution in [1.82, 2.24) is 9.97 Å². The standard InChI is InChI=1S/C23H28N6O3/c1-32-20-12-17(11-16-4-2-3-5-18(16)20)26-23-27-19(21(29(30)31)22(25)28-23)10-14-6-8-15(13-24)9-7-14/h2-5,11-12,14-15H,6-10,13,24H2,1H3,(H3,25,26,27,28). The van der Waals surface area contributed by atoms with Gasteiger partial charge >= 0.3 is 5.69 Å². The highest BCUT2D eigenvalue weighted by molar-refractivity contribution is 5.92. The van der Waals surface area contributed by atoms with Crippen molar-refractivity contribution in [3.8, 4) is 5.75 Å². The van der Waals surface area contributed by atoms with Crippen molar-refractivity contribution in [2.75, 3.05) is 24.7 Å². The first-order valence-electron chi connectivity index (χ1n) is 10.8. The zero-order chi connectivity index (χ0) is 22.7. The molecule has 1 saturated carbocycles. The van der Waals surface area contributed by atoms with Crippen LogP contribution in [0, 0.1) is 22.0 Å². The number of nitrogens with zero attached hydrogens (tertiary/aromatic N) is 3. The lowest BCUT2D eigenvalue weighted by Crippen LogP contribution is -2.23. The van der Waals surface area contributed by atoms with Crippen molar-refractivity contribution >= 4 is 33.9 Å². The lowest BCUT2D eigenvalue weighted by atomic mass is 9.80. The highest BCUT2D eigenvalue weighted by Gasteiger charge is 2.28. The number of hydrogen-bond acceptors (Lipinski definition) is 8. The molecule has 0 spiro atoms. The molecule has 0 unspecified atom stereocenters. The van der Waals surface area contributed by atoms with Gasteiger partial charge in [-0.2, -0.15) is 4.98 Å². The number of nitrogens with one attached hydrogen (secondary N) is 1. The summed E-state index contributed by atoms with van der Waals surface area (Å²) >= 11 is 0. The maximum absolute atomic E-state index is 11.7. The molecule has 1 aliphatic rings. The second-order valence-electron chi connectivity index (χ2n) is 8.34. The first-order valence-corrected chi connectivity index (χ1v) is 10.8. The number of nitrogens with two attached hydrogens (primary N) is 2. The molecule has 1 aromatic heterocycles. The normalized spacial score (nSPS) is 18.4. The fourth-order valence-electron chi connectivity index (χ4n) is 4.51. The minimum Gasteiger partial charge on any atom is -0.496 e. The molecular formula is C23H28N6O3. The van der Waals surface area contributed by atoms with E-state index in [1.807, 2.05) is 36.4 Å². The summed E-state index contributed by atoms with van der Waals surface area (Å²) in [6.45, 7) is 0.691. The van der Waals surface area contributed by atoms with Crippen molar-refractivity contribution in [1.29, 1.82) is 0 Å². The van der Waals surface area contributed by atoms with Crippen LogP contribution in [-0.2, 0) is 6.42 Å². The minimum absolute atomic E-state index is 0.133. The van der Waals surface area contributed by atoms with Crippen molar-refractivity contribution in [3.63, 3.8) is 0 Å². The second-order valence-corrected chi connectivity index (χ2v) is 8.34. The molecule has 3 aromatic rings. The molecule has 9 nitrogen and oxygen atoms in total. The molecule has 1 heterocycles. The number of aromatic nitrogens is 2. The van der Waals surface area contributed by atoms with E-state index < -0.39 is 4.92 Å². The lowest BCUT2D eigenvalue weighted by Gasteiger charge is -2.27. The van der Waals surface area contributed by atoms with E-state index in [-0.39, 0.29) is 17.5 Å². The van der Waals surface area contributed by atoms with Gasteiger partial charge < -0.3 is 21.5 Å². The number of nitro groups is 1. The van der Waals surface area contributed by atoms with Crippen LogP contribution in [0.25, 0.3) is 10.8 Å². The van der Waals surface area contributed by atoms with Gasteiger partial charge in [-0.3, -0.25) is 10.1 Å². The van der Waals surface area contributed by atoms with Crippen LogP contribution in [0.2, 0.25) is 0 Å². The first kappa shape index (κ1) is 21.8. The third-order valence-corrected chi connectivity index (χ3v) is 6.25. The van der Waals surface area contributed by atoms with Crippen molar-refractivity contribution in [2.24, 2.45) is 17.6 Å². The highest BCUT2D eigenvalue weighted by atomic mass is 16.6. The van der Waals surface area contributed by atoms with Gasteiger partial charge in [0.25, 0.3) is 0 Å². The van der Waals surface area contributed by atoms with Gasteiger partial charge in [0.15, 0.2) is 0 Å². The van der Waals surface area contributed by atoms with Crippen LogP contribution in [0.15, 0.2) is 36.4 Å². The molecule has 9 heteroatoms. The Morgan fingerprint density at radius 3 is 2.56 bits per heavy atom. The minimum atomic E-state index is -0.487. The van der Waals surface area contributed by atoms with Gasteiger partial charge in [0.1, 0.15) is 11.4 Å². The number of methoxy groups -OCH3 is 1. The Morgan fingerprint density at radius 1 is 1.16 bits per heavy atom. The van der Waals surface area contributed by atoms with E-state index in [0.717, 1.165) is 36.5 Å². The van der Waals surface area contributed by atoms with Crippen LogP contribution in [-0.4, -0.2) is 28.5 Å². The Morgan fingerprint density at radius 2 is 1.88 bits per heavy atom. The van der Waals surface area contributed by atoms with Gasteiger partial charge in [0.05, 0.1) is 12.0 Å². The molecule has 1 aliphatic carbocycles. The predicted molar refractivity (Wildman–Crippen MR) is 125 cm³/mol. The van der Waals surface area contributed by atoms with E-state index in [1.54, 1.807) is 7.11 Å². The number of rotatable bonds is 7. The fourth-order valence-corrected chi connectivity index (χ4v) is 4.51. The van der Waals surface area contributed by atoms with Crippen molar-refractivity contribution in [2.45, 2.75) is 32.1 Å². The monoisotopic (exact) mass is 436 g/mol. The van der Waals surface area contributed by atoms with Crippen molar-refractivity contribution < 1.29 is 9.66 Å². The summed E-state index contributed by atoms with van der Waals surface area (Å²) in [4.78, 5) is 19.9. The highest BCUT2D eigenvalue weighted by Crippen LogP contribution is 2.35. The van der Waals surface area contributed by atoms with E-state index >= 15 is 0 Å². The molecule has 0 bridgehead atoms. The van der Waals surface area contributed by atoms with Crippen LogP contribution in [0.4, 0.5) is 23.1 Å². The molecular weight excluding hydrogens is 408 g/mol. The average Bonchev–Trinajstić information content (AvgIpc) is 2.78. The number of ether oxygens (including phenoxy) is 1. The van der Waals surface area contributed by atoms with E-state index in [0.29, 0.717) is 41.9 Å². The van der Waals surface area contributed by atoms with Crippen LogP contribution in [0.3, 0.4) is 0 Å². The third-order valence-electron chi connectivity index (χ3n) is 6.25. The molecule has 4 rings (SSSR count). The van der Waals surface area contributed by atoms with Crippen LogP contribution in [0.1, 0.15) is 31.4 Å². The lowest BCUT2D eigenvalue weighted by molar-refractivity contribution is -0.385. The molecule has 0 saturated heterocycles. The summed E-state index contributed by atoms with van der Waals surface area (Å²) in [5, 5.41) is 16.8. The quantitative estimate of drug-likeness (QED) is 0.370. The van der Waals surface area contributed by atoms with Gasteiger partial charge in [-0.05, 0) is 61.9 Å². The average molecular weight is 437 g/mol. The van der Waals surface area contributed by atoms with Crippen LogP contribution in [0.5, 0.6) is 5.75 Å². The maximum Gasteiger partial charge on any atom is 0.332 e. The van der Waals surface area contributed by atoms with Gasteiger partial charge in [0.2, 0.25) is 11.8 Å².